The van der Waals surface area contributed by atoms with E-state index in [4.69, 9.17) is 4.74 Å². The molecule has 1 aromatic heterocycles. The van der Waals surface area contributed by atoms with Gasteiger partial charge in [0, 0.05) is 32.3 Å². The number of aromatic nitrogens is 1. The number of aliphatic imine (C=N–C) groups is 1. The van der Waals surface area contributed by atoms with Crippen molar-refractivity contribution in [3.63, 3.8) is 0 Å². The monoisotopic (exact) mass is 387 g/mol. The largest absolute Gasteiger partial charge is 0.489 e. The number of carbonyl (C=O) groups is 1. The Hall–Kier alpha value is -3.16. The van der Waals surface area contributed by atoms with Gasteiger partial charge >= 0.3 is 0 Å². The van der Waals surface area contributed by atoms with Crippen molar-refractivity contribution < 1.29 is 13.9 Å². The van der Waals surface area contributed by atoms with E-state index in [-0.39, 0.29) is 24.2 Å². The Morgan fingerprint density at radius 1 is 1.29 bits per heavy atom. The van der Waals surface area contributed by atoms with Crippen molar-refractivity contribution in [2.75, 3.05) is 25.5 Å². The van der Waals surface area contributed by atoms with Crippen molar-refractivity contribution in [2.24, 2.45) is 4.99 Å². The molecule has 0 saturated carbocycles. The first-order chi connectivity index (χ1) is 13.5. The number of nitrogens with zero attached hydrogens (tertiary/aromatic N) is 2. The van der Waals surface area contributed by atoms with Gasteiger partial charge in [0.2, 0.25) is 5.91 Å². The summed E-state index contributed by atoms with van der Waals surface area (Å²) in [5, 5.41) is 8.92. The number of hydrogen-bond acceptors (Lipinski definition) is 4. The predicted octanol–water partition coefficient (Wildman–Crippen LogP) is 2.49. The molecule has 0 fully saturated rings. The molecule has 0 bridgehead atoms. The Bertz CT molecular complexity index is 795. The highest BCUT2D eigenvalue weighted by molar-refractivity contribution is 5.90. The number of amides is 1. The quantitative estimate of drug-likeness (QED) is 0.478. The Balaban J connectivity index is 1.67. The number of carbonyl (C=O) groups excluding carboxylic acids is 1. The van der Waals surface area contributed by atoms with Crippen molar-refractivity contribution in [2.45, 2.75) is 26.4 Å². The number of hydrogen-bond donors (Lipinski definition) is 3. The second kappa shape index (κ2) is 10.9. The van der Waals surface area contributed by atoms with Crippen LogP contribution in [-0.2, 0) is 4.79 Å². The minimum Gasteiger partial charge on any atom is -0.489 e. The molecule has 1 atom stereocenters. The van der Waals surface area contributed by atoms with Crippen LogP contribution in [0.25, 0.3) is 0 Å². The van der Waals surface area contributed by atoms with E-state index < -0.39 is 0 Å². The zero-order valence-electron chi connectivity index (χ0n) is 16.3. The van der Waals surface area contributed by atoms with Gasteiger partial charge in [-0.05, 0) is 37.6 Å². The SMILES string of the molecule is CN=C(NCCC(=O)Nc1ccc(C)cn1)NCC(C)Oc1cccc(F)c1. The van der Waals surface area contributed by atoms with Crippen LogP contribution < -0.4 is 20.7 Å². The number of rotatable bonds is 8. The summed E-state index contributed by atoms with van der Waals surface area (Å²) in [6, 6.07) is 9.66. The van der Waals surface area contributed by atoms with Crippen molar-refractivity contribution in [1.82, 2.24) is 15.6 Å². The Kier molecular flexibility index (Phi) is 8.20. The zero-order valence-corrected chi connectivity index (χ0v) is 16.3. The lowest BCUT2D eigenvalue weighted by Gasteiger charge is -2.17. The maximum absolute atomic E-state index is 13.2. The smallest absolute Gasteiger partial charge is 0.227 e. The van der Waals surface area contributed by atoms with Crippen molar-refractivity contribution in [3.05, 3.63) is 54.0 Å². The number of halogens is 1. The van der Waals surface area contributed by atoms with Gasteiger partial charge in [-0.25, -0.2) is 9.37 Å². The predicted molar refractivity (Wildman–Crippen MR) is 108 cm³/mol. The summed E-state index contributed by atoms with van der Waals surface area (Å²) in [6.07, 6.45) is 1.77. The summed E-state index contributed by atoms with van der Waals surface area (Å²) < 4.78 is 18.8. The van der Waals surface area contributed by atoms with Crippen molar-refractivity contribution >= 4 is 17.7 Å². The molecule has 2 rings (SSSR count). The van der Waals surface area contributed by atoms with Crippen LogP contribution >= 0.6 is 0 Å². The van der Waals surface area contributed by atoms with Crippen molar-refractivity contribution in [3.8, 4) is 5.75 Å². The number of anilines is 1. The molecule has 0 radical (unpaired) electrons. The Morgan fingerprint density at radius 2 is 2.11 bits per heavy atom. The lowest BCUT2D eigenvalue weighted by atomic mass is 10.3. The highest BCUT2D eigenvalue weighted by Crippen LogP contribution is 2.13. The summed E-state index contributed by atoms with van der Waals surface area (Å²) >= 11 is 0. The van der Waals surface area contributed by atoms with E-state index in [0.29, 0.717) is 30.6 Å². The average molecular weight is 387 g/mol. The second-order valence-corrected chi connectivity index (χ2v) is 6.28. The summed E-state index contributed by atoms with van der Waals surface area (Å²) in [7, 11) is 1.64. The number of nitrogens with one attached hydrogen (secondary N) is 3. The van der Waals surface area contributed by atoms with E-state index in [1.165, 1.54) is 12.1 Å². The minimum atomic E-state index is -0.339. The molecule has 3 N–H and O–H groups in total. The molecule has 28 heavy (non-hydrogen) atoms. The minimum absolute atomic E-state index is 0.137. The van der Waals surface area contributed by atoms with Gasteiger partial charge < -0.3 is 20.7 Å². The van der Waals surface area contributed by atoms with Crippen LogP contribution in [0, 0.1) is 12.7 Å². The van der Waals surface area contributed by atoms with Gasteiger partial charge in [0.15, 0.2) is 5.96 Å². The lowest BCUT2D eigenvalue weighted by Crippen LogP contribution is -2.42. The standard InChI is InChI=1S/C20H26FN5O2/c1-14-7-8-18(24-12-14)26-19(27)9-10-23-20(22-3)25-13-15(2)28-17-6-4-5-16(21)11-17/h4-8,11-12,15H,9-10,13H2,1-3H3,(H2,22,23,25)(H,24,26,27). The molecule has 0 aliphatic carbocycles. The molecule has 150 valence electrons. The molecule has 8 heteroatoms. The summed E-state index contributed by atoms with van der Waals surface area (Å²) in [4.78, 5) is 20.2. The van der Waals surface area contributed by atoms with E-state index in [1.54, 1.807) is 31.4 Å². The van der Waals surface area contributed by atoms with Gasteiger partial charge in [0.1, 0.15) is 23.5 Å². The third-order valence-corrected chi connectivity index (χ3v) is 3.74. The Labute approximate surface area is 164 Å². The highest BCUT2D eigenvalue weighted by atomic mass is 19.1. The number of aryl methyl sites for hydroxylation is 1. The maximum Gasteiger partial charge on any atom is 0.227 e. The summed E-state index contributed by atoms with van der Waals surface area (Å²) in [5.41, 5.74) is 1.03. The number of pyridine rings is 1. The number of ether oxygens (including phenoxy) is 1. The van der Waals surface area contributed by atoms with Crippen molar-refractivity contribution in [1.29, 1.82) is 0 Å². The van der Waals surface area contributed by atoms with Gasteiger partial charge in [0.25, 0.3) is 0 Å². The van der Waals surface area contributed by atoms with Crippen LogP contribution in [0.2, 0.25) is 0 Å². The Morgan fingerprint density at radius 3 is 2.79 bits per heavy atom. The molecule has 1 heterocycles. The lowest BCUT2D eigenvalue weighted by molar-refractivity contribution is -0.116. The molecule has 1 aromatic carbocycles. The molecule has 0 aliphatic rings. The molecular weight excluding hydrogens is 361 g/mol. The maximum atomic E-state index is 13.2. The third kappa shape index (κ3) is 7.61. The molecule has 1 unspecified atom stereocenters. The van der Waals surface area contributed by atoms with Gasteiger partial charge in [-0.2, -0.15) is 0 Å². The van der Waals surface area contributed by atoms with E-state index in [9.17, 15) is 9.18 Å². The molecule has 1 amide bonds. The second-order valence-electron chi connectivity index (χ2n) is 6.28. The molecule has 0 aliphatic heterocycles. The average Bonchev–Trinajstić information content (AvgIpc) is 2.66. The normalized spacial score (nSPS) is 12.2. The highest BCUT2D eigenvalue weighted by Gasteiger charge is 2.08. The summed E-state index contributed by atoms with van der Waals surface area (Å²) in [6.45, 7) is 4.69. The fourth-order valence-electron chi connectivity index (χ4n) is 2.32. The van der Waals surface area contributed by atoms with Gasteiger partial charge in [-0.15, -0.1) is 0 Å². The molecular formula is C20H26FN5O2. The number of guanidine groups is 1. The molecule has 2 aromatic rings. The van der Waals surface area contributed by atoms with Crippen LogP contribution in [0.1, 0.15) is 18.9 Å². The first-order valence-corrected chi connectivity index (χ1v) is 9.05. The third-order valence-electron chi connectivity index (χ3n) is 3.74. The zero-order chi connectivity index (χ0) is 20.4. The van der Waals surface area contributed by atoms with E-state index >= 15 is 0 Å². The van der Waals surface area contributed by atoms with E-state index in [2.05, 4.69) is 25.9 Å². The van der Waals surface area contributed by atoms with Crippen LogP contribution in [0.3, 0.4) is 0 Å². The molecule has 7 nitrogen and oxygen atoms in total. The topological polar surface area (TPSA) is 87.6 Å². The molecule has 0 saturated heterocycles. The van der Waals surface area contributed by atoms with Crippen LogP contribution in [0.15, 0.2) is 47.6 Å². The first kappa shape index (κ1) is 21.1. The van der Waals surface area contributed by atoms with Crippen LogP contribution in [0.4, 0.5) is 10.2 Å². The van der Waals surface area contributed by atoms with Gasteiger partial charge in [-0.3, -0.25) is 9.79 Å². The fourth-order valence-corrected chi connectivity index (χ4v) is 2.32. The van der Waals surface area contributed by atoms with Crippen LogP contribution in [-0.4, -0.2) is 43.1 Å². The van der Waals surface area contributed by atoms with E-state index in [1.807, 2.05) is 19.9 Å². The summed E-state index contributed by atoms with van der Waals surface area (Å²) in [5.74, 6) is 1.08. The van der Waals surface area contributed by atoms with Gasteiger partial charge in [0.05, 0.1) is 6.54 Å². The van der Waals surface area contributed by atoms with Gasteiger partial charge in [-0.1, -0.05) is 12.1 Å². The number of benzene rings is 1. The molecule has 0 spiro atoms. The first-order valence-electron chi connectivity index (χ1n) is 9.05. The van der Waals surface area contributed by atoms with Crippen LogP contribution in [0.5, 0.6) is 5.75 Å². The fraction of sp³-hybridized carbons (Fsp3) is 0.350. The van der Waals surface area contributed by atoms with E-state index in [0.717, 1.165) is 5.56 Å².